The second-order valence-corrected chi connectivity index (χ2v) is 21.8. The van der Waals surface area contributed by atoms with E-state index in [-0.39, 0.29) is 32.4 Å². The summed E-state index contributed by atoms with van der Waals surface area (Å²) in [6.45, 7) is 23.0. The Kier molecular flexibility index (Phi) is 8.65. The Morgan fingerprint density at radius 1 is 0.448 bits per heavy atom. The van der Waals surface area contributed by atoms with E-state index < -0.39 is 11.3 Å². The van der Waals surface area contributed by atoms with Crippen molar-refractivity contribution < 1.29 is 4.42 Å². The third-order valence-electron chi connectivity index (χ3n) is 12.1. The van der Waals surface area contributed by atoms with E-state index in [2.05, 4.69) is 116 Å². The Hall–Kier alpha value is -4.06. The minimum atomic E-state index is -0.766. The monoisotopic (exact) mass is 847 g/mol. The van der Waals surface area contributed by atoms with Crippen LogP contribution in [0.4, 0.5) is 0 Å². The van der Waals surface area contributed by atoms with Crippen molar-refractivity contribution in [1.29, 1.82) is 0 Å². The average Bonchev–Trinajstić information content (AvgIpc) is 3.10. The summed E-state index contributed by atoms with van der Waals surface area (Å²) >= 11 is 29.4. The quantitative estimate of drug-likeness (QED) is 0.128. The zero-order valence-electron chi connectivity index (χ0n) is 34.4. The Morgan fingerprint density at radius 3 is 1.38 bits per heavy atom. The molecule has 0 unspecified atom stereocenters. The highest BCUT2D eigenvalue weighted by Gasteiger charge is 2.32. The number of halogens is 4. The van der Waals surface area contributed by atoms with E-state index in [0.29, 0.717) is 52.4 Å². The summed E-state index contributed by atoms with van der Waals surface area (Å²) in [5.74, 6) is 0. The van der Waals surface area contributed by atoms with Crippen molar-refractivity contribution >= 4 is 122 Å². The first-order valence-electron chi connectivity index (χ1n) is 19.8. The summed E-state index contributed by atoms with van der Waals surface area (Å²) in [6, 6.07) is 22.9. The van der Waals surface area contributed by atoms with Gasteiger partial charge >= 0.3 is 11.3 Å². The third kappa shape index (κ3) is 5.92. The maximum atomic E-state index is 13.2. The van der Waals surface area contributed by atoms with Crippen LogP contribution in [0.25, 0.3) is 81.4 Å². The zero-order chi connectivity index (χ0) is 41.8. The minimum Gasteiger partial charge on any atom is -0.386 e. The van der Waals surface area contributed by atoms with Crippen LogP contribution in [-0.4, -0.2) is 4.57 Å². The van der Waals surface area contributed by atoms with Crippen LogP contribution < -0.4 is 11.3 Å². The number of nitrogens with zero attached hydrogens (tertiary/aromatic N) is 1. The molecule has 0 atom stereocenters. The summed E-state index contributed by atoms with van der Waals surface area (Å²) in [5.41, 5.74) is 3.98. The van der Waals surface area contributed by atoms with E-state index in [0.717, 1.165) is 51.1 Å². The minimum absolute atomic E-state index is 0.0356. The second-order valence-electron chi connectivity index (χ2n) is 20.1. The number of hydrogen-bond acceptors (Lipinski definition) is 3. The first-order chi connectivity index (χ1) is 27.0. The second kappa shape index (κ2) is 12.7. The largest absolute Gasteiger partial charge is 0.386 e. The van der Waals surface area contributed by atoms with Crippen LogP contribution in [-0.2, 0) is 10.8 Å². The maximum Gasteiger partial charge on any atom is 0.346 e. The molecule has 0 spiro atoms. The van der Waals surface area contributed by atoms with E-state index >= 15 is 0 Å². The standard InChI is InChI=1S/C50H45Cl4NO3/c1-47(2,3)22-49(7,8)24-11-14-26(15-12-24)55-35-16-13-25(50(9,10)23-48(4,5)6)17-27(35)28-18-31(51)41-39-32(52)19-29-37-30(46(57)58-45(29)56)20-33(53)40(43(37)39)42-34(54)21-36(55)38(28)44(41)42/h11-21H,22-23H2,1-10H3. The molecular weight excluding hydrogens is 804 g/mol. The molecule has 296 valence electrons. The van der Waals surface area contributed by atoms with Crippen molar-refractivity contribution in [2.45, 2.75) is 92.9 Å². The predicted octanol–water partition coefficient (Wildman–Crippen LogP) is 15.8. The Morgan fingerprint density at radius 2 is 0.879 bits per heavy atom. The molecule has 0 bridgehead atoms. The maximum absolute atomic E-state index is 13.2. The lowest BCUT2D eigenvalue weighted by molar-refractivity contribution is 0.283. The lowest BCUT2D eigenvalue weighted by Gasteiger charge is -2.34. The molecule has 0 saturated carbocycles. The van der Waals surface area contributed by atoms with Gasteiger partial charge in [0.2, 0.25) is 0 Å². The van der Waals surface area contributed by atoms with Gasteiger partial charge in [-0.15, -0.1) is 0 Å². The fraction of sp³-hybridized carbons (Fsp3) is 0.320. The molecule has 0 fully saturated rings. The average molecular weight is 850 g/mol. The van der Waals surface area contributed by atoms with Gasteiger partial charge in [0.05, 0.1) is 26.8 Å². The van der Waals surface area contributed by atoms with E-state index in [1.807, 2.05) is 12.1 Å². The molecule has 0 amide bonds. The van der Waals surface area contributed by atoms with E-state index in [1.165, 1.54) is 11.1 Å². The first kappa shape index (κ1) is 39.4. The van der Waals surface area contributed by atoms with E-state index in [9.17, 15) is 9.59 Å². The molecule has 0 aliphatic carbocycles. The van der Waals surface area contributed by atoms with Crippen LogP contribution in [0.3, 0.4) is 0 Å². The third-order valence-corrected chi connectivity index (χ3v) is 13.3. The molecule has 0 saturated heterocycles. The van der Waals surface area contributed by atoms with Crippen molar-refractivity contribution in [2.75, 3.05) is 0 Å². The van der Waals surface area contributed by atoms with Gasteiger partial charge in [-0.3, -0.25) is 0 Å². The van der Waals surface area contributed by atoms with Gasteiger partial charge in [0.15, 0.2) is 0 Å². The van der Waals surface area contributed by atoms with Gasteiger partial charge in [0.1, 0.15) is 0 Å². The summed E-state index contributed by atoms with van der Waals surface area (Å²) in [4.78, 5) is 26.3. The van der Waals surface area contributed by atoms with Crippen LogP contribution >= 0.6 is 46.4 Å². The molecule has 9 aromatic rings. The smallest absolute Gasteiger partial charge is 0.346 e. The predicted molar refractivity (Wildman–Crippen MR) is 250 cm³/mol. The van der Waals surface area contributed by atoms with Gasteiger partial charge in [0.25, 0.3) is 0 Å². The molecule has 0 N–H and O–H groups in total. The molecule has 7 aromatic carbocycles. The highest BCUT2D eigenvalue weighted by atomic mass is 35.5. The lowest BCUT2D eigenvalue weighted by Crippen LogP contribution is -2.25. The van der Waals surface area contributed by atoms with Gasteiger partial charge in [-0.1, -0.05) is 134 Å². The normalized spacial score (nSPS) is 13.6. The molecule has 0 radical (unpaired) electrons. The van der Waals surface area contributed by atoms with Crippen molar-refractivity contribution in [3.05, 3.63) is 119 Å². The number of aromatic nitrogens is 1. The Balaban J connectivity index is 1.49. The molecule has 0 aliphatic rings. The molecular formula is C50H45Cl4NO3. The number of fused-ring (bicyclic) bond motifs is 4. The molecule has 2 heterocycles. The fourth-order valence-electron chi connectivity index (χ4n) is 10.7. The van der Waals surface area contributed by atoms with Crippen LogP contribution in [0.15, 0.2) is 80.7 Å². The summed E-state index contributed by atoms with van der Waals surface area (Å²) < 4.78 is 7.42. The van der Waals surface area contributed by atoms with Gasteiger partial charge < -0.3 is 8.98 Å². The molecule has 4 nitrogen and oxygen atoms in total. The number of hydrogen-bond donors (Lipinski definition) is 0. The lowest BCUT2D eigenvalue weighted by atomic mass is 9.72. The molecule has 0 aliphatic heterocycles. The number of rotatable bonds is 5. The topological polar surface area (TPSA) is 52.2 Å². The molecule has 8 heteroatoms. The Bertz CT molecular complexity index is 3240. The fourth-order valence-corrected chi connectivity index (χ4v) is 11.9. The zero-order valence-corrected chi connectivity index (χ0v) is 37.5. The van der Waals surface area contributed by atoms with Crippen LogP contribution in [0, 0.1) is 10.8 Å². The first-order valence-corrected chi connectivity index (χ1v) is 21.3. The summed E-state index contributed by atoms with van der Waals surface area (Å²) in [5, 5.41) is 9.21. The SMILES string of the molecule is CC(C)(C)CC(C)(C)c1ccc(-n2c3ccc(C(C)(C)CC(C)(C)C)cc3c3cc(Cl)c4c5c(Cl)cc6c(=O)oc(=O)c7cc(Cl)c(c8c(Cl)cc2c3c48)c5c67)cc1. The van der Waals surface area contributed by atoms with Crippen molar-refractivity contribution in [3.63, 3.8) is 0 Å². The van der Waals surface area contributed by atoms with Crippen molar-refractivity contribution in [2.24, 2.45) is 10.8 Å². The van der Waals surface area contributed by atoms with E-state index in [1.54, 1.807) is 12.1 Å². The highest BCUT2D eigenvalue weighted by molar-refractivity contribution is 6.56. The highest BCUT2D eigenvalue weighted by Crippen LogP contribution is 2.54. The molecule has 9 rings (SSSR count). The number of pyridine rings is 1. The van der Waals surface area contributed by atoms with Gasteiger partial charge in [-0.25, -0.2) is 9.59 Å². The summed E-state index contributed by atoms with van der Waals surface area (Å²) in [7, 11) is 0. The van der Waals surface area contributed by atoms with Crippen molar-refractivity contribution in [1.82, 2.24) is 4.57 Å². The number of benzene rings is 7. The molecule has 58 heavy (non-hydrogen) atoms. The van der Waals surface area contributed by atoms with Crippen molar-refractivity contribution in [3.8, 4) is 5.69 Å². The van der Waals surface area contributed by atoms with E-state index in [4.69, 9.17) is 50.8 Å². The Labute approximate surface area is 357 Å². The summed E-state index contributed by atoms with van der Waals surface area (Å²) in [6.07, 6.45) is 2.02. The van der Waals surface area contributed by atoms with Gasteiger partial charge in [0, 0.05) is 69.2 Å². The van der Waals surface area contributed by atoms with Gasteiger partial charge in [-0.05, 0) is 99.5 Å². The van der Waals surface area contributed by atoms with Crippen LogP contribution in [0.5, 0.6) is 0 Å². The molecule has 2 aromatic heterocycles. The van der Waals surface area contributed by atoms with Gasteiger partial charge in [-0.2, -0.15) is 0 Å². The van der Waals surface area contributed by atoms with Crippen LogP contribution in [0.2, 0.25) is 20.1 Å². The van der Waals surface area contributed by atoms with Crippen LogP contribution in [0.1, 0.15) is 93.2 Å².